The Hall–Kier alpha value is -2.83. The van der Waals surface area contributed by atoms with E-state index in [1.807, 2.05) is 12.3 Å². The van der Waals surface area contributed by atoms with Gasteiger partial charge in [-0.05, 0) is 30.5 Å². The van der Waals surface area contributed by atoms with Crippen LogP contribution in [-0.2, 0) is 16.4 Å². The number of benzene rings is 1. The molecule has 0 radical (unpaired) electrons. The molecule has 3 aromatic rings. The lowest BCUT2D eigenvalue weighted by Crippen LogP contribution is -2.25. The van der Waals surface area contributed by atoms with Crippen molar-refractivity contribution in [2.75, 3.05) is 6.54 Å². The largest absolute Gasteiger partial charge is 0.252 e. The summed E-state index contributed by atoms with van der Waals surface area (Å²) in [7, 11) is -3.70. The first-order valence-electron chi connectivity index (χ1n) is 7.23. The van der Waals surface area contributed by atoms with E-state index in [4.69, 9.17) is 5.26 Å². The van der Waals surface area contributed by atoms with Gasteiger partial charge in [0.05, 0.1) is 10.5 Å². The summed E-state index contributed by atoms with van der Waals surface area (Å²) < 4.78 is 28.6. The molecule has 0 fully saturated rings. The molecule has 2 aromatic heterocycles. The standard InChI is InChI=1S/C15H14N6O2S/c16-8-13-5-1-2-6-14(13)24(22,23)20-7-3-4-12-9-17-15-18-11-19-21(15)10-12/h1-2,5-6,9-11,20H,3-4,7H2. The number of hydrogen-bond donors (Lipinski definition) is 1. The number of fused-ring (bicyclic) bond motifs is 1. The normalized spacial score (nSPS) is 11.5. The van der Waals surface area contributed by atoms with Crippen molar-refractivity contribution in [3.8, 4) is 6.07 Å². The van der Waals surface area contributed by atoms with Crippen LogP contribution in [0.2, 0.25) is 0 Å². The van der Waals surface area contributed by atoms with E-state index in [1.165, 1.54) is 18.5 Å². The first kappa shape index (κ1) is 16.0. The van der Waals surface area contributed by atoms with E-state index >= 15 is 0 Å². The molecule has 0 saturated carbocycles. The smallest absolute Gasteiger partial charge is 0.219 e. The molecule has 24 heavy (non-hydrogen) atoms. The molecule has 9 heteroatoms. The van der Waals surface area contributed by atoms with Crippen LogP contribution in [-0.4, -0.2) is 34.5 Å². The molecule has 0 spiro atoms. The molecule has 0 saturated heterocycles. The fraction of sp³-hybridized carbons (Fsp3) is 0.200. The fourth-order valence-electron chi connectivity index (χ4n) is 2.26. The highest BCUT2D eigenvalue weighted by Crippen LogP contribution is 2.14. The Balaban J connectivity index is 1.60. The number of nitrogens with zero attached hydrogens (tertiary/aromatic N) is 5. The van der Waals surface area contributed by atoms with Gasteiger partial charge in [0.1, 0.15) is 12.4 Å². The van der Waals surface area contributed by atoms with Gasteiger partial charge in [-0.15, -0.1) is 0 Å². The van der Waals surface area contributed by atoms with Gasteiger partial charge in [-0.25, -0.2) is 22.6 Å². The Morgan fingerprint density at radius 3 is 2.92 bits per heavy atom. The molecule has 0 bridgehead atoms. The van der Waals surface area contributed by atoms with E-state index in [2.05, 4.69) is 19.8 Å². The molecule has 122 valence electrons. The lowest BCUT2D eigenvalue weighted by Gasteiger charge is -2.08. The van der Waals surface area contributed by atoms with Gasteiger partial charge in [0, 0.05) is 18.9 Å². The maximum absolute atomic E-state index is 12.3. The number of rotatable bonds is 6. The molecule has 1 aromatic carbocycles. The second-order valence-electron chi connectivity index (χ2n) is 5.08. The molecule has 0 amide bonds. The summed E-state index contributed by atoms with van der Waals surface area (Å²) in [6.45, 7) is 0.261. The van der Waals surface area contributed by atoms with E-state index in [0.717, 1.165) is 5.56 Å². The highest BCUT2D eigenvalue weighted by Gasteiger charge is 2.17. The molecule has 1 N–H and O–H groups in total. The van der Waals surface area contributed by atoms with Crippen molar-refractivity contribution in [1.82, 2.24) is 24.3 Å². The molecular weight excluding hydrogens is 328 g/mol. The summed E-state index contributed by atoms with van der Waals surface area (Å²) in [6.07, 6.45) is 6.17. The topological polar surface area (TPSA) is 113 Å². The van der Waals surface area contributed by atoms with Crippen LogP contribution in [0.15, 0.2) is 47.9 Å². The Bertz CT molecular complexity index is 1010. The molecule has 0 atom stereocenters. The Labute approximate surface area is 138 Å². The minimum atomic E-state index is -3.70. The van der Waals surface area contributed by atoms with Gasteiger partial charge in [-0.1, -0.05) is 12.1 Å². The highest BCUT2D eigenvalue weighted by molar-refractivity contribution is 7.89. The van der Waals surface area contributed by atoms with Crippen LogP contribution in [0.3, 0.4) is 0 Å². The molecule has 2 heterocycles. The number of aryl methyl sites for hydroxylation is 1. The summed E-state index contributed by atoms with van der Waals surface area (Å²) >= 11 is 0. The van der Waals surface area contributed by atoms with E-state index in [-0.39, 0.29) is 17.0 Å². The summed E-state index contributed by atoms with van der Waals surface area (Å²) in [6, 6.07) is 8.01. The zero-order valence-corrected chi connectivity index (χ0v) is 13.4. The molecule has 8 nitrogen and oxygen atoms in total. The molecule has 0 aliphatic carbocycles. The number of aromatic nitrogens is 4. The van der Waals surface area contributed by atoms with Gasteiger partial charge in [0.2, 0.25) is 10.0 Å². The van der Waals surface area contributed by atoms with Gasteiger partial charge in [-0.2, -0.15) is 15.3 Å². The molecule has 3 rings (SSSR count). The second-order valence-corrected chi connectivity index (χ2v) is 6.81. The summed E-state index contributed by atoms with van der Waals surface area (Å²) in [5, 5.41) is 13.0. The zero-order chi connectivity index (χ0) is 17.0. The third-order valence-electron chi connectivity index (χ3n) is 3.42. The Kier molecular flexibility index (Phi) is 4.50. The number of hydrogen-bond acceptors (Lipinski definition) is 6. The minimum absolute atomic E-state index is 0.00167. The van der Waals surface area contributed by atoms with Crippen LogP contribution in [0.4, 0.5) is 0 Å². The van der Waals surface area contributed by atoms with Crippen molar-refractivity contribution >= 4 is 15.8 Å². The van der Waals surface area contributed by atoms with Gasteiger partial charge >= 0.3 is 0 Å². The van der Waals surface area contributed by atoms with Gasteiger partial charge in [0.15, 0.2) is 0 Å². The van der Waals surface area contributed by atoms with E-state index in [9.17, 15) is 8.42 Å². The van der Waals surface area contributed by atoms with Crippen LogP contribution < -0.4 is 4.72 Å². The quantitative estimate of drug-likeness (QED) is 0.666. The predicted molar refractivity (Wildman–Crippen MR) is 85.4 cm³/mol. The van der Waals surface area contributed by atoms with Crippen LogP contribution in [0.5, 0.6) is 0 Å². The van der Waals surface area contributed by atoms with Crippen molar-refractivity contribution in [1.29, 1.82) is 5.26 Å². The van der Waals surface area contributed by atoms with Crippen LogP contribution in [0.25, 0.3) is 5.78 Å². The average Bonchev–Trinajstić information content (AvgIpc) is 3.06. The van der Waals surface area contributed by atoms with Gasteiger partial charge < -0.3 is 0 Å². The minimum Gasteiger partial charge on any atom is -0.219 e. The summed E-state index contributed by atoms with van der Waals surface area (Å²) in [5.41, 5.74) is 1.07. The number of nitriles is 1. The van der Waals surface area contributed by atoms with Crippen LogP contribution in [0.1, 0.15) is 17.5 Å². The molecule has 0 aliphatic heterocycles. The van der Waals surface area contributed by atoms with Crippen molar-refractivity contribution < 1.29 is 8.42 Å². The van der Waals surface area contributed by atoms with E-state index in [0.29, 0.717) is 18.6 Å². The second kappa shape index (κ2) is 6.74. The van der Waals surface area contributed by atoms with Crippen LogP contribution in [0, 0.1) is 11.3 Å². The third kappa shape index (κ3) is 3.40. The molecular formula is C15H14N6O2S. The van der Waals surface area contributed by atoms with Gasteiger partial charge in [0.25, 0.3) is 5.78 Å². The van der Waals surface area contributed by atoms with Crippen molar-refractivity contribution in [2.24, 2.45) is 0 Å². The van der Waals surface area contributed by atoms with E-state index in [1.54, 1.807) is 22.8 Å². The Morgan fingerprint density at radius 2 is 2.08 bits per heavy atom. The monoisotopic (exact) mass is 342 g/mol. The van der Waals surface area contributed by atoms with Crippen molar-refractivity contribution in [3.63, 3.8) is 0 Å². The lowest BCUT2D eigenvalue weighted by atomic mass is 10.2. The maximum Gasteiger partial charge on any atom is 0.252 e. The molecule has 0 unspecified atom stereocenters. The fourth-order valence-corrected chi connectivity index (χ4v) is 3.49. The molecule has 0 aliphatic rings. The van der Waals surface area contributed by atoms with Gasteiger partial charge in [-0.3, -0.25) is 0 Å². The SMILES string of the molecule is N#Cc1ccccc1S(=O)(=O)NCCCc1cnc2ncnn2c1. The third-order valence-corrected chi connectivity index (χ3v) is 4.94. The predicted octanol–water partition coefficient (Wildman–Crippen LogP) is 0.907. The summed E-state index contributed by atoms with van der Waals surface area (Å²) in [5.74, 6) is 0.521. The maximum atomic E-state index is 12.3. The zero-order valence-electron chi connectivity index (χ0n) is 12.6. The first-order chi connectivity index (χ1) is 11.6. The Morgan fingerprint density at radius 1 is 1.25 bits per heavy atom. The van der Waals surface area contributed by atoms with Crippen molar-refractivity contribution in [3.05, 3.63) is 54.1 Å². The van der Waals surface area contributed by atoms with Crippen molar-refractivity contribution in [2.45, 2.75) is 17.7 Å². The van der Waals surface area contributed by atoms with Crippen LogP contribution >= 0.6 is 0 Å². The van der Waals surface area contributed by atoms with E-state index < -0.39 is 10.0 Å². The lowest BCUT2D eigenvalue weighted by molar-refractivity contribution is 0.578. The first-order valence-corrected chi connectivity index (χ1v) is 8.71. The number of sulfonamides is 1. The average molecular weight is 342 g/mol. The number of nitrogens with one attached hydrogen (secondary N) is 1. The highest BCUT2D eigenvalue weighted by atomic mass is 32.2. The summed E-state index contributed by atoms with van der Waals surface area (Å²) in [4.78, 5) is 8.11.